The number of aromatic nitrogens is 2. The minimum Gasteiger partial charge on any atom is -0.331 e. The number of aromatic amines is 1. The molecule has 5 heteroatoms. The van der Waals surface area contributed by atoms with Crippen molar-refractivity contribution >= 4 is 46.6 Å². The number of hydrogen-bond donors (Lipinski definition) is 1. The van der Waals surface area contributed by atoms with Crippen LogP contribution in [0.15, 0.2) is 18.2 Å². The Bertz CT molecular complexity index is 625. The third-order valence-corrected chi connectivity index (χ3v) is 5.38. The van der Waals surface area contributed by atoms with Crippen LogP contribution in [-0.2, 0) is 6.54 Å². The fourth-order valence-corrected chi connectivity index (χ4v) is 3.36. The highest BCUT2D eigenvalue weighted by Crippen LogP contribution is 2.48. The number of imidazole rings is 1. The van der Waals surface area contributed by atoms with Crippen LogP contribution in [0.4, 0.5) is 0 Å². The lowest BCUT2D eigenvalue weighted by Crippen LogP contribution is -2.13. The van der Waals surface area contributed by atoms with E-state index >= 15 is 0 Å². The normalized spacial score (nSPS) is 17.5. The van der Waals surface area contributed by atoms with Gasteiger partial charge >= 0.3 is 0 Å². The Balaban J connectivity index is 2.09. The first-order chi connectivity index (χ1) is 8.13. The van der Waals surface area contributed by atoms with Crippen LogP contribution in [0, 0.1) is 4.77 Å². The van der Waals surface area contributed by atoms with E-state index in [1.165, 1.54) is 12.8 Å². The monoisotopic (exact) mass is 284 g/mol. The van der Waals surface area contributed by atoms with Gasteiger partial charge in [0.2, 0.25) is 0 Å². The maximum Gasteiger partial charge on any atom is 0.178 e. The van der Waals surface area contributed by atoms with E-state index in [1.54, 1.807) is 0 Å². The topological polar surface area (TPSA) is 20.7 Å². The molecule has 1 aliphatic rings. The fraction of sp³-hybridized carbons (Fsp3) is 0.417. The standard InChI is InChI=1S/C12H13ClN2S2/c1-17-12(4-5-12)7-15-10-3-2-8(13)6-9(10)14-11(15)16/h2-3,6H,4-5,7H2,1H3,(H,14,16). The van der Waals surface area contributed by atoms with Crippen LogP contribution in [0.25, 0.3) is 11.0 Å². The maximum atomic E-state index is 5.99. The van der Waals surface area contributed by atoms with Crippen molar-refractivity contribution in [1.82, 2.24) is 9.55 Å². The number of benzene rings is 1. The van der Waals surface area contributed by atoms with Crippen molar-refractivity contribution in [2.75, 3.05) is 6.26 Å². The molecule has 1 N–H and O–H groups in total. The van der Waals surface area contributed by atoms with Gasteiger partial charge in [0.25, 0.3) is 0 Å². The van der Waals surface area contributed by atoms with Gasteiger partial charge in [-0.15, -0.1) is 0 Å². The van der Waals surface area contributed by atoms with Gasteiger partial charge in [0.05, 0.1) is 11.0 Å². The molecule has 1 fully saturated rings. The number of H-pyrrole nitrogens is 1. The molecule has 0 radical (unpaired) electrons. The smallest absolute Gasteiger partial charge is 0.178 e. The fourth-order valence-electron chi connectivity index (χ4n) is 2.15. The molecule has 90 valence electrons. The Hall–Kier alpha value is -0.450. The molecule has 2 nitrogen and oxygen atoms in total. The average Bonchev–Trinajstić information content (AvgIpc) is 3.01. The van der Waals surface area contributed by atoms with Gasteiger partial charge in [-0.3, -0.25) is 0 Å². The van der Waals surface area contributed by atoms with Crippen molar-refractivity contribution in [3.8, 4) is 0 Å². The summed E-state index contributed by atoms with van der Waals surface area (Å²) in [6.45, 7) is 0.995. The van der Waals surface area contributed by atoms with E-state index in [2.05, 4.69) is 15.8 Å². The van der Waals surface area contributed by atoms with E-state index in [-0.39, 0.29) is 0 Å². The van der Waals surface area contributed by atoms with Crippen LogP contribution in [0.5, 0.6) is 0 Å². The molecule has 3 rings (SSSR count). The molecule has 1 aromatic heterocycles. The van der Waals surface area contributed by atoms with E-state index in [1.807, 2.05) is 30.0 Å². The van der Waals surface area contributed by atoms with Gasteiger partial charge in [-0.25, -0.2) is 0 Å². The molecule has 1 saturated carbocycles. The Morgan fingerprint density at radius 2 is 2.29 bits per heavy atom. The zero-order valence-corrected chi connectivity index (χ0v) is 11.9. The van der Waals surface area contributed by atoms with Gasteiger partial charge in [0, 0.05) is 16.3 Å². The molecule has 0 amide bonds. The van der Waals surface area contributed by atoms with Crippen LogP contribution in [0.3, 0.4) is 0 Å². The van der Waals surface area contributed by atoms with Crippen LogP contribution < -0.4 is 0 Å². The first-order valence-corrected chi connectivity index (χ1v) is 7.58. The molecule has 2 aromatic rings. The first kappa shape index (κ1) is 11.6. The number of hydrogen-bond acceptors (Lipinski definition) is 2. The maximum absolute atomic E-state index is 5.99. The minimum absolute atomic E-state index is 0.410. The largest absolute Gasteiger partial charge is 0.331 e. The Labute approximate surface area is 114 Å². The SMILES string of the molecule is CSC1(Cn2c(=S)[nH]c3cc(Cl)ccc32)CC1. The molecule has 0 aliphatic heterocycles. The first-order valence-electron chi connectivity index (χ1n) is 5.57. The molecule has 1 aromatic carbocycles. The number of nitrogens with zero attached hydrogens (tertiary/aromatic N) is 1. The summed E-state index contributed by atoms with van der Waals surface area (Å²) in [5.41, 5.74) is 2.18. The van der Waals surface area contributed by atoms with E-state index < -0.39 is 0 Å². The molecule has 1 aliphatic carbocycles. The zero-order valence-electron chi connectivity index (χ0n) is 9.50. The summed E-state index contributed by atoms with van der Waals surface area (Å²) in [4.78, 5) is 3.23. The molecule has 0 spiro atoms. The van der Waals surface area contributed by atoms with Crippen molar-refractivity contribution < 1.29 is 0 Å². The molecule has 0 bridgehead atoms. The predicted octanol–water partition coefficient (Wildman–Crippen LogP) is 4.25. The van der Waals surface area contributed by atoms with Crippen LogP contribution in [-0.4, -0.2) is 20.6 Å². The zero-order chi connectivity index (χ0) is 12.0. The third kappa shape index (κ3) is 2.02. The quantitative estimate of drug-likeness (QED) is 0.851. The highest BCUT2D eigenvalue weighted by molar-refractivity contribution is 8.00. The van der Waals surface area contributed by atoms with Gasteiger partial charge in [-0.05, 0) is 49.5 Å². The van der Waals surface area contributed by atoms with Crippen molar-refractivity contribution in [2.24, 2.45) is 0 Å². The summed E-state index contributed by atoms with van der Waals surface area (Å²) >= 11 is 13.3. The second-order valence-corrected chi connectivity index (χ2v) is 6.66. The lowest BCUT2D eigenvalue weighted by Gasteiger charge is -2.13. The van der Waals surface area contributed by atoms with Gasteiger partial charge in [-0.2, -0.15) is 11.8 Å². The summed E-state index contributed by atoms with van der Waals surface area (Å²) in [5, 5.41) is 0.743. The second-order valence-electron chi connectivity index (χ2n) is 4.56. The summed E-state index contributed by atoms with van der Waals surface area (Å²) < 4.78 is 3.40. The number of fused-ring (bicyclic) bond motifs is 1. The van der Waals surface area contributed by atoms with Gasteiger partial charge in [0.1, 0.15) is 0 Å². The third-order valence-electron chi connectivity index (χ3n) is 3.42. The van der Waals surface area contributed by atoms with Crippen LogP contribution >= 0.6 is 35.6 Å². The highest BCUT2D eigenvalue weighted by atomic mass is 35.5. The summed E-state index contributed by atoms with van der Waals surface area (Å²) in [5.74, 6) is 0. The Kier molecular flexibility index (Phi) is 2.76. The van der Waals surface area contributed by atoms with Crippen molar-refractivity contribution in [3.05, 3.63) is 28.0 Å². The summed E-state index contributed by atoms with van der Waals surface area (Å²) in [6.07, 6.45) is 4.76. The summed E-state index contributed by atoms with van der Waals surface area (Å²) in [6, 6.07) is 5.89. The Morgan fingerprint density at radius 1 is 1.53 bits per heavy atom. The molecule has 17 heavy (non-hydrogen) atoms. The van der Waals surface area contributed by atoms with Crippen molar-refractivity contribution in [1.29, 1.82) is 0 Å². The van der Waals surface area contributed by atoms with Crippen molar-refractivity contribution in [3.63, 3.8) is 0 Å². The number of nitrogens with one attached hydrogen (secondary N) is 1. The van der Waals surface area contributed by atoms with Crippen LogP contribution in [0.2, 0.25) is 5.02 Å². The van der Waals surface area contributed by atoms with Gasteiger partial charge < -0.3 is 9.55 Å². The minimum atomic E-state index is 0.410. The lowest BCUT2D eigenvalue weighted by molar-refractivity contribution is 0.670. The molecule has 0 unspecified atom stereocenters. The van der Waals surface area contributed by atoms with Crippen molar-refractivity contribution in [2.45, 2.75) is 24.1 Å². The van der Waals surface area contributed by atoms with Crippen LogP contribution in [0.1, 0.15) is 12.8 Å². The van der Waals surface area contributed by atoms with E-state index in [0.717, 1.165) is 27.4 Å². The second kappa shape index (κ2) is 4.04. The van der Waals surface area contributed by atoms with E-state index in [0.29, 0.717) is 4.75 Å². The predicted molar refractivity (Wildman–Crippen MR) is 77.6 cm³/mol. The molecular formula is C12H13ClN2S2. The molecular weight excluding hydrogens is 272 g/mol. The molecule has 1 heterocycles. The summed E-state index contributed by atoms with van der Waals surface area (Å²) in [7, 11) is 0. The number of halogens is 1. The van der Waals surface area contributed by atoms with Gasteiger partial charge in [0.15, 0.2) is 4.77 Å². The van der Waals surface area contributed by atoms with E-state index in [4.69, 9.17) is 23.8 Å². The van der Waals surface area contributed by atoms with E-state index in [9.17, 15) is 0 Å². The highest BCUT2D eigenvalue weighted by Gasteiger charge is 2.42. The molecule has 0 atom stereocenters. The average molecular weight is 285 g/mol. The molecule has 0 saturated heterocycles. The lowest BCUT2D eigenvalue weighted by atomic mass is 10.3. The Morgan fingerprint density at radius 3 is 2.94 bits per heavy atom. The number of rotatable bonds is 3. The number of thioether (sulfide) groups is 1. The van der Waals surface area contributed by atoms with Gasteiger partial charge in [-0.1, -0.05) is 11.6 Å².